The van der Waals surface area contributed by atoms with Gasteiger partial charge in [0.05, 0.1) is 10.9 Å². The standard InChI is InChI=1S/C17H19N3O3/c21-8-11-6-10-5-9(11)7-14(10)19-17(23)15-18-13-4-2-1-3-12(13)16(22)20-15/h1-4,9-11,14,21H,5-8H2,(H,19,23)(H,18,20,22)/t9-,10-,11+,14-/m1/s1. The number of nitrogens with zero attached hydrogens (tertiary/aromatic N) is 1. The molecule has 3 N–H and O–H groups in total. The third kappa shape index (κ3) is 2.43. The van der Waals surface area contributed by atoms with Crippen LogP contribution in [-0.2, 0) is 0 Å². The van der Waals surface area contributed by atoms with E-state index in [9.17, 15) is 14.7 Å². The number of amides is 1. The van der Waals surface area contributed by atoms with Gasteiger partial charge in [-0.1, -0.05) is 12.1 Å². The van der Waals surface area contributed by atoms with Gasteiger partial charge in [0, 0.05) is 12.6 Å². The number of carbonyl (C=O) groups is 1. The van der Waals surface area contributed by atoms with Crippen LogP contribution >= 0.6 is 0 Å². The highest BCUT2D eigenvalue weighted by atomic mass is 16.3. The molecule has 120 valence electrons. The first-order chi connectivity index (χ1) is 11.2. The Morgan fingerprint density at radius 1 is 1.26 bits per heavy atom. The number of carbonyl (C=O) groups excluding carboxylic acids is 1. The van der Waals surface area contributed by atoms with Gasteiger partial charge < -0.3 is 15.4 Å². The molecule has 0 unspecified atom stereocenters. The van der Waals surface area contributed by atoms with E-state index in [4.69, 9.17) is 0 Å². The molecular weight excluding hydrogens is 294 g/mol. The first-order valence-electron chi connectivity index (χ1n) is 8.06. The zero-order valence-corrected chi connectivity index (χ0v) is 12.7. The summed E-state index contributed by atoms with van der Waals surface area (Å²) in [7, 11) is 0. The van der Waals surface area contributed by atoms with Crippen LogP contribution < -0.4 is 10.9 Å². The Bertz CT molecular complexity index is 816. The van der Waals surface area contributed by atoms with E-state index in [0.29, 0.717) is 28.7 Å². The molecule has 6 nitrogen and oxygen atoms in total. The summed E-state index contributed by atoms with van der Waals surface area (Å²) in [4.78, 5) is 31.3. The number of nitrogens with one attached hydrogen (secondary N) is 2. The number of aromatic amines is 1. The van der Waals surface area contributed by atoms with Crippen molar-refractivity contribution in [3.8, 4) is 0 Å². The van der Waals surface area contributed by atoms with Crippen molar-refractivity contribution in [2.24, 2.45) is 17.8 Å². The number of rotatable bonds is 3. The zero-order chi connectivity index (χ0) is 16.0. The van der Waals surface area contributed by atoms with Gasteiger partial charge >= 0.3 is 0 Å². The molecule has 0 radical (unpaired) electrons. The normalized spacial score (nSPS) is 29.1. The Morgan fingerprint density at radius 2 is 2.09 bits per heavy atom. The molecule has 1 amide bonds. The van der Waals surface area contributed by atoms with Crippen molar-refractivity contribution in [1.29, 1.82) is 0 Å². The lowest BCUT2D eigenvalue weighted by atomic mass is 9.86. The first-order valence-corrected chi connectivity index (χ1v) is 8.06. The molecule has 6 heteroatoms. The molecule has 23 heavy (non-hydrogen) atoms. The number of aliphatic hydroxyl groups excluding tert-OH is 1. The van der Waals surface area contributed by atoms with Crippen molar-refractivity contribution in [1.82, 2.24) is 15.3 Å². The SMILES string of the molecule is O=C(N[C@@H]1C[C@H]2C[C@@H]1C[C@H]2CO)c1nc2ccccc2c(=O)[nH]1. The minimum atomic E-state index is -0.328. The molecule has 2 aliphatic carbocycles. The predicted molar refractivity (Wildman–Crippen MR) is 85.0 cm³/mol. The molecule has 1 heterocycles. The summed E-state index contributed by atoms with van der Waals surface area (Å²) < 4.78 is 0. The molecule has 4 rings (SSSR count). The van der Waals surface area contributed by atoms with E-state index in [-0.39, 0.29) is 29.9 Å². The largest absolute Gasteiger partial charge is 0.396 e. The Kier molecular flexibility index (Phi) is 3.41. The lowest BCUT2D eigenvalue weighted by Gasteiger charge is -2.27. The zero-order valence-electron chi connectivity index (χ0n) is 12.7. The molecule has 1 aromatic carbocycles. The highest BCUT2D eigenvalue weighted by Gasteiger charge is 2.46. The summed E-state index contributed by atoms with van der Waals surface area (Å²) >= 11 is 0. The number of H-pyrrole nitrogens is 1. The van der Waals surface area contributed by atoms with Gasteiger partial charge in [0.2, 0.25) is 0 Å². The average Bonchev–Trinajstić information content (AvgIpc) is 3.14. The fraction of sp³-hybridized carbons (Fsp3) is 0.471. The van der Waals surface area contributed by atoms with E-state index in [0.717, 1.165) is 19.3 Å². The predicted octanol–water partition coefficient (Wildman–Crippen LogP) is 1.06. The van der Waals surface area contributed by atoms with Crippen LogP contribution in [0.2, 0.25) is 0 Å². The van der Waals surface area contributed by atoms with E-state index >= 15 is 0 Å². The van der Waals surface area contributed by atoms with Gasteiger partial charge in [-0.2, -0.15) is 0 Å². The molecule has 2 bridgehead atoms. The number of hydrogen-bond donors (Lipinski definition) is 3. The second-order valence-corrected chi connectivity index (χ2v) is 6.68. The second-order valence-electron chi connectivity index (χ2n) is 6.68. The van der Waals surface area contributed by atoms with E-state index in [1.54, 1.807) is 24.3 Å². The maximum Gasteiger partial charge on any atom is 0.287 e. The number of fused-ring (bicyclic) bond motifs is 3. The summed E-state index contributed by atoms with van der Waals surface area (Å²) in [6.45, 7) is 0.237. The van der Waals surface area contributed by atoms with Crippen LogP contribution in [0, 0.1) is 17.8 Å². The van der Waals surface area contributed by atoms with Crippen molar-refractivity contribution in [2.75, 3.05) is 6.61 Å². The van der Waals surface area contributed by atoms with Gasteiger partial charge in [0.1, 0.15) is 0 Å². The summed E-state index contributed by atoms with van der Waals surface area (Å²) in [5, 5.41) is 12.8. The van der Waals surface area contributed by atoms with Crippen LogP contribution in [0.1, 0.15) is 29.9 Å². The van der Waals surface area contributed by atoms with Crippen molar-refractivity contribution in [3.05, 3.63) is 40.4 Å². The molecule has 2 aliphatic rings. The van der Waals surface area contributed by atoms with Crippen LogP contribution in [-0.4, -0.2) is 33.6 Å². The minimum absolute atomic E-state index is 0.0650. The second kappa shape index (κ2) is 5.45. The monoisotopic (exact) mass is 313 g/mol. The smallest absolute Gasteiger partial charge is 0.287 e. The van der Waals surface area contributed by atoms with Gasteiger partial charge in [-0.3, -0.25) is 9.59 Å². The lowest BCUT2D eigenvalue weighted by Crippen LogP contribution is -2.41. The highest BCUT2D eigenvalue weighted by molar-refractivity contribution is 5.92. The lowest BCUT2D eigenvalue weighted by molar-refractivity contribution is 0.0897. The topological polar surface area (TPSA) is 95.1 Å². The fourth-order valence-corrected chi connectivity index (χ4v) is 4.23. The summed E-state index contributed by atoms with van der Waals surface area (Å²) in [5.74, 6) is 1.04. The van der Waals surface area contributed by atoms with E-state index in [1.807, 2.05) is 0 Å². The van der Waals surface area contributed by atoms with Crippen LogP contribution in [0.4, 0.5) is 0 Å². The maximum atomic E-state index is 12.4. The van der Waals surface area contributed by atoms with Crippen molar-refractivity contribution in [2.45, 2.75) is 25.3 Å². The molecule has 0 aliphatic heterocycles. The van der Waals surface area contributed by atoms with Crippen molar-refractivity contribution in [3.63, 3.8) is 0 Å². The third-order valence-electron chi connectivity index (χ3n) is 5.38. The van der Waals surface area contributed by atoms with Crippen LogP contribution in [0.25, 0.3) is 10.9 Å². The average molecular weight is 313 g/mol. The summed E-state index contributed by atoms with van der Waals surface area (Å²) in [6.07, 6.45) is 2.94. The maximum absolute atomic E-state index is 12.4. The number of para-hydroxylation sites is 1. The summed E-state index contributed by atoms with van der Waals surface area (Å²) in [5.41, 5.74) is 0.226. The van der Waals surface area contributed by atoms with Gasteiger partial charge in [0.15, 0.2) is 5.82 Å². The van der Waals surface area contributed by atoms with Gasteiger partial charge in [-0.15, -0.1) is 0 Å². The van der Waals surface area contributed by atoms with Crippen LogP contribution in [0.3, 0.4) is 0 Å². The molecule has 2 aromatic rings. The highest BCUT2D eigenvalue weighted by Crippen LogP contribution is 2.48. The van der Waals surface area contributed by atoms with Gasteiger partial charge in [-0.05, 0) is 49.1 Å². The Morgan fingerprint density at radius 3 is 2.83 bits per heavy atom. The Labute approximate surface area is 132 Å². The molecule has 2 fully saturated rings. The number of hydrogen-bond acceptors (Lipinski definition) is 4. The Balaban J connectivity index is 1.53. The number of aliphatic hydroxyl groups is 1. The van der Waals surface area contributed by atoms with Gasteiger partial charge in [-0.25, -0.2) is 4.98 Å². The fourth-order valence-electron chi connectivity index (χ4n) is 4.23. The molecule has 1 aromatic heterocycles. The van der Waals surface area contributed by atoms with Crippen LogP contribution in [0.5, 0.6) is 0 Å². The number of benzene rings is 1. The van der Waals surface area contributed by atoms with E-state index < -0.39 is 0 Å². The first kappa shape index (κ1) is 14.4. The molecular formula is C17H19N3O3. The minimum Gasteiger partial charge on any atom is -0.396 e. The number of aromatic nitrogens is 2. The quantitative estimate of drug-likeness (QED) is 0.789. The Hall–Kier alpha value is -2.21. The van der Waals surface area contributed by atoms with E-state index in [1.165, 1.54) is 0 Å². The van der Waals surface area contributed by atoms with Crippen molar-refractivity contribution < 1.29 is 9.90 Å². The molecule has 0 saturated heterocycles. The van der Waals surface area contributed by atoms with Crippen molar-refractivity contribution >= 4 is 16.8 Å². The van der Waals surface area contributed by atoms with Gasteiger partial charge in [0.25, 0.3) is 11.5 Å². The van der Waals surface area contributed by atoms with E-state index in [2.05, 4.69) is 15.3 Å². The van der Waals surface area contributed by atoms with Crippen LogP contribution in [0.15, 0.2) is 29.1 Å². The summed E-state index contributed by atoms with van der Waals surface area (Å²) in [6, 6.07) is 7.10. The molecule has 2 saturated carbocycles. The molecule has 4 atom stereocenters. The third-order valence-corrected chi connectivity index (χ3v) is 5.38. The molecule has 0 spiro atoms.